The molecule has 9 heteroatoms. The number of fused-ring (bicyclic) bond motifs is 1. The number of carbonyl (C=O) groups excluding carboxylic acids is 2. The number of halogens is 1. The second-order valence-corrected chi connectivity index (χ2v) is 7.27. The quantitative estimate of drug-likeness (QED) is 0.405. The smallest absolute Gasteiger partial charge is 0.322 e. The van der Waals surface area contributed by atoms with Crippen LogP contribution in [0.15, 0.2) is 58.7 Å². The van der Waals surface area contributed by atoms with Gasteiger partial charge in [0.2, 0.25) is 0 Å². The number of hydrogen-bond acceptors (Lipinski definition) is 4. The Hall–Kier alpha value is -3.36. The van der Waals surface area contributed by atoms with Crippen molar-refractivity contribution in [2.24, 2.45) is 0 Å². The van der Waals surface area contributed by atoms with Gasteiger partial charge < -0.3 is 20.6 Å². The van der Waals surface area contributed by atoms with Crippen molar-refractivity contribution in [1.82, 2.24) is 9.97 Å². The summed E-state index contributed by atoms with van der Waals surface area (Å²) in [4.78, 5) is 42.0. The van der Waals surface area contributed by atoms with E-state index < -0.39 is 0 Å². The maximum atomic E-state index is 12.6. The third-order valence-corrected chi connectivity index (χ3v) is 5.19. The summed E-state index contributed by atoms with van der Waals surface area (Å²) in [6, 6.07) is 13.1. The lowest BCUT2D eigenvalue weighted by Crippen LogP contribution is -2.14. The second kappa shape index (κ2) is 7.34. The van der Waals surface area contributed by atoms with E-state index in [1.165, 1.54) is 17.4 Å². The second-order valence-electron chi connectivity index (χ2n) is 5.92. The number of rotatable bonds is 4. The number of nitrogens with one attached hydrogen (secondary N) is 4. The third-order valence-electron chi connectivity index (χ3n) is 4.00. The topological polar surface area (TPSA) is 107 Å². The highest BCUT2D eigenvalue weighted by molar-refractivity contribution is 7.12. The van der Waals surface area contributed by atoms with Gasteiger partial charge in [0.1, 0.15) is 0 Å². The fourth-order valence-electron chi connectivity index (χ4n) is 2.67. The maximum absolute atomic E-state index is 12.6. The Morgan fingerprint density at radius 2 is 1.75 bits per heavy atom. The number of carbonyl (C=O) groups is 2. The fraction of sp³-hybridized carbons (Fsp3) is 0. The van der Waals surface area contributed by atoms with Crippen LogP contribution in [0, 0.1) is 0 Å². The monoisotopic (exact) mass is 412 g/mol. The number of benzene rings is 2. The molecule has 0 aliphatic rings. The van der Waals surface area contributed by atoms with Gasteiger partial charge in [-0.25, -0.2) is 4.79 Å². The first-order valence-electron chi connectivity index (χ1n) is 8.17. The summed E-state index contributed by atoms with van der Waals surface area (Å²) in [6.45, 7) is 0. The van der Waals surface area contributed by atoms with Crippen molar-refractivity contribution in [3.63, 3.8) is 0 Å². The summed E-state index contributed by atoms with van der Waals surface area (Å²) in [5.74, 6) is -0.670. The van der Waals surface area contributed by atoms with Crippen molar-refractivity contribution in [1.29, 1.82) is 0 Å². The summed E-state index contributed by atoms with van der Waals surface area (Å²) in [7, 11) is 0. The van der Waals surface area contributed by atoms with Crippen molar-refractivity contribution in [2.45, 2.75) is 0 Å². The summed E-state index contributed by atoms with van der Waals surface area (Å²) >= 11 is 7.46. The van der Waals surface area contributed by atoms with Crippen LogP contribution in [0.3, 0.4) is 0 Å². The maximum Gasteiger partial charge on any atom is 0.323 e. The number of thiophene rings is 1. The SMILES string of the molecule is O=C(Nc1ccc2[nH]c(=O)[nH]c2c1)c1ccc(Cl)c(NC(=O)c2cccs2)c1. The van der Waals surface area contributed by atoms with E-state index >= 15 is 0 Å². The van der Waals surface area contributed by atoms with Gasteiger partial charge in [-0.1, -0.05) is 17.7 Å². The van der Waals surface area contributed by atoms with Gasteiger partial charge in [0.15, 0.2) is 0 Å². The number of H-pyrrole nitrogens is 2. The number of anilines is 2. The first-order valence-corrected chi connectivity index (χ1v) is 9.43. The number of aromatic amines is 2. The molecule has 4 rings (SSSR count). The molecule has 0 saturated heterocycles. The van der Waals surface area contributed by atoms with Crippen LogP contribution in [-0.4, -0.2) is 21.8 Å². The van der Waals surface area contributed by atoms with Gasteiger partial charge >= 0.3 is 5.69 Å². The standard InChI is InChI=1S/C19H13ClN4O3S/c20-12-5-3-10(8-14(12)22-18(26)16-2-1-7-28-16)17(25)21-11-4-6-13-15(9-11)24-19(27)23-13/h1-9H,(H,21,25)(H,22,26)(H2,23,24,27). The van der Waals surface area contributed by atoms with Crippen molar-refractivity contribution in [2.75, 3.05) is 10.6 Å². The largest absolute Gasteiger partial charge is 0.323 e. The summed E-state index contributed by atoms with van der Waals surface area (Å²) in [5, 5.41) is 7.60. The van der Waals surface area contributed by atoms with E-state index in [0.717, 1.165) is 0 Å². The third kappa shape index (κ3) is 3.68. The van der Waals surface area contributed by atoms with Gasteiger partial charge in [-0.3, -0.25) is 9.59 Å². The van der Waals surface area contributed by atoms with Crippen LogP contribution < -0.4 is 16.3 Å². The van der Waals surface area contributed by atoms with Crippen LogP contribution in [0.5, 0.6) is 0 Å². The van der Waals surface area contributed by atoms with Gasteiger partial charge in [-0.2, -0.15) is 0 Å². The molecule has 0 saturated carbocycles. The van der Waals surface area contributed by atoms with E-state index in [-0.39, 0.29) is 17.5 Å². The first kappa shape index (κ1) is 18.0. The molecule has 4 N–H and O–H groups in total. The zero-order chi connectivity index (χ0) is 19.7. The highest BCUT2D eigenvalue weighted by Crippen LogP contribution is 2.25. The number of aromatic nitrogens is 2. The van der Waals surface area contributed by atoms with E-state index in [0.29, 0.717) is 37.9 Å². The van der Waals surface area contributed by atoms with Gasteiger partial charge in [0, 0.05) is 11.3 Å². The Bertz CT molecular complexity index is 1240. The van der Waals surface area contributed by atoms with Crippen LogP contribution in [-0.2, 0) is 0 Å². The molecule has 4 aromatic rings. The minimum absolute atomic E-state index is 0.295. The van der Waals surface area contributed by atoms with Crippen molar-refractivity contribution < 1.29 is 9.59 Å². The molecule has 140 valence electrons. The minimum Gasteiger partial charge on any atom is -0.322 e. The molecular formula is C19H13ClN4O3S. The molecule has 2 heterocycles. The number of imidazole rings is 1. The van der Waals surface area contributed by atoms with Crippen molar-refractivity contribution in [3.05, 3.63) is 79.9 Å². The molecule has 2 aromatic carbocycles. The molecule has 0 spiro atoms. The average Bonchev–Trinajstić information content (AvgIpc) is 3.32. The molecule has 0 atom stereocenters. The molecule has 0 fully saturated rings. The molecule has 7 nitrogen and oxygen atoms in total. The Kier molecular flexibility index (Phi) is 4.72. The number of amides is 2. The summed E-state index contributed by atoms with van der Waals surface area (Å²) in [5.41, 5.74) is 2.11. The lowest BCUT2D eigenvalue weighted by molar-refractivity contribution is 0.101. The lowest BCUT2D eigenvalue weighted by Gasteiger charge is -2.10. The lowest BCUT2D eigenvalue weighted by atomic mass is 10.1. The van der Waals surface area contributed by atoms with Gasteiger partial charge in [0.05, 0.1) is 26.6 Å². The zero-order valence-corrected chi connectivity index (χ0v) is 15.8. The normalized spacial score (nSPS) is 10.8. The van der Waals surface area contributed by atoms with E-state index in [9.17, 15) is 14.4 Å². The molecule has 0 bridgehead atoms. The Morgan fingerprint density at radius 1 is 0.929 bits per heavy atom. The van der Waals surface area contributed by atoms with E-state index in [1.54, 1.807) is 47.8 Å². The predicted molar refractivity (Wildman–Crippen MR) is 111 cm³/mol. The molecule has 0 unspecified atom stereocenters. The summed E-state index contributed by atoms with van der Waals surface area (Å²) < 4.78 is 0. The van der Waals surface area contributed by atoms with Crippen LogP contribution in [0.1, 0.15) is 20.0 Å². The van der Waals surface area contributed by atoms with E-state index in [2.05, 4.69) is 20.6 Å². The zero-order valence-electron chi connectivity index (χ0n) is 14.2. The Labute approximate surface area is 167 Å². The molecule has 2 aromatic heterocycles. The first-order chi connectivity index (χ1) is 13.5. The van der Waals surface area contributed by atoms with Gasteiger partial charge in [-0.05, 0) is 47.8 Å². The molecule has 2 amide bonds. The van der Waals surface area contributed by atoms with Crippen LogP contribution in [0.2, 0.25) is 5.02 Å². The fourth-order valence-corrected chi connectivity index (χ4v) is 3.45. The van der Waals surface area contributed by atoms with Gasteiger partial charge in [-0.15, -0.1) is 11.3 Å². The minimum atomic E-state index is -0.375. The Balaban J connectivity index is 1.55. The Morgan fingerprint density at radius 3 is 2.54 bits per heavy atom. The molecule has 0 aliphatic carbocycles. The molecule has 0 aliphatic heterocycles. The van der Waals surface area contributed by atoms with Crippen LogP contribution >= 0.6 is 22.9 Å². The van der Waals surface area contributed by atoms with Crippen molar-refractivity contribution >= 4 is 57.2 Å². The van der Waals surface area contributed by atoms with E-state index in [1.807, 2.05) is 0 Å². The van der Waals surface area contributed by atoms with Crippen molar-refractivity contribution in [3.8, 4) is 0 Å². The predicted octanol–water partition coefficient (Wildman–Crippen LogP) is 4.08. The van der Waals surface area contributed by atoms with Crippen LogP contribution in [0.25, 0.3) is 11.0 Å². The molecule has 0 radical (unpaired) electrons. The number of hydrogen-bond donors (Lipinski definition) is 4. The average molecular weight is 413 g/mol. The van der Waals surface area contributed by atoms with Gasteiger partial charge in [0.25, 0.3) is 11.8 Å². The molecule has 28 heavy (non-hydrogen) atoms. The van der Waals surface area contributed by atoms with E-state index in [4.69, 9.17) is 11.6 Å². The highest BCUT2D eigenvalue weighted by atomic mass is 35.5. The van der Waals surface area contributed by atoms with Crippen LogP contribution in [0.4, 0.5) is 11.4 Å². The molecular weight excluding hydrogens is 400 g/mol. The summed E-state index contributed by atoms with van der Waals surface area (Å²) in [6.07, 6.45) is 0. The highest BCUT2D eigenvalue weighted by Gasteiger charge is 2.13.